The van der Waals surface area contributed by atoms with E-state index in [9.17, 15) is 13.2 Å². The van der Waals surface area contributed by atoms with Crippen molar-refractivity contribution in [3.63, 3.8) is 0 Å². The van der Waals surface area contributed by atoms with Gasteiger partial charge in [0.05, 0.1) is 18.0 Å². The molecule has 3 rings (SSSR count). The largest absolute Gasteiger partial charge is 0.348 e. The first-order valence-electron chi connectivity index (χ1n) is 10.7. The molecule has 0 saturated carbocycles. The Morgan fingerprint density at radius 2 is 1.67 bits per heavy atom. The van der Waals surface area contributed by atoms with Crippen molar-refractivity contribution in [1.82, 2.24) is 5.32 Å². The minimum absolute atomic E-state index is 0.198. The fraction of sp³-hybridized carbons (Fsp3) is 0.458. The zero-order chi connectivity index (χ0) is 21.9. The summed E-state index contributed by atoms with van der Waals surface area (Å²) < 4.78 is 26.2. The van der Waals surface area contributed by atoms with Crippen LogP contribution in [0, 0.1) is 0 Å². The van der Waals surface area contributed by atoms with Gasteiger partial charge in [-0.1, -0.05) is 37.3 Å². The van der Waals surface area contributed by atoms with E-state index in [2.05, 4.69) is 23.5 Å². The van der Waals surface area contributed by atoms with E-state index in [0.29, 0.717) is 5.69 Å². The van der Waals surface area contributed by atoms with E-state index in [0.717, 1.165) is 36.6 Å². The highest BCUT2D eigenvalue weighted by molar-refractivity contribution is 7.92. The van der Waals surface area contributed by atoms with Crippen LogP contribution in [0.2, 0.25) is 0 Å². The maximum Gasteiger partial charge on any atom is 0.244 e. The summed E-state index contributed by atoms with van der Waals surface area (Å²) in [5.41, 5.74) is 5.43. The van der Waals surface area contributed by atoms with E-state index in [1.54, 1.807) is 19.1 Å². The monoisotopic (exact) mass is 428 g/mol. The van der Waals surface area contributed by atoms with Crippen LogP contribution in [0.1, 0.15) is 61.9 Å². The lowest BCUT2D eigenvalue weighted by atomic mass is 9.89. The molecule has 0 saturated heterocycles. The van der Waals surface area contributed by atoms with E-state index in [-0.39, 0.29) is 11.9 Å². The summed E-state index contributed by atoms with van der Waals surface area (Å²) in [6.45, 7) is 5.61. The third-order valence-corrected chi connectivity index (χ3v) is 7.16. The molecule has 0 heterocycles. The lowest BCUT2D eigenvalue weighted by Gasteiger charge is -2.29. The molecule has 5 nitrogen and oxygen atoms in total. The summed E-state index contributed by atoms with van der Waals surface area (Å²) in [6.07, 6.45) is 6.64. The second kappa shape index (κ2) is 9.21. The van der Waals surface area contributed by atoms with Crippen LogP contribution in [0.3, 0.4) is 0 Å². The fourth-order valence-electron chi connectivity index (χ4n) is 4.13. The Hall–Kier alpha value is -2.34. The average Bonchev–Trinajstić information content (AvgIpc) is 2.72. The van der Waals surface area contributed by atoms with Gasteiger partial charge in [-0.05, 0) is 80.3 Å². The maximum atomic E-state index is 13.0. The number of rotatable bonds is 7. The Bertz CT molecular complexity index is 1000. The van der Waals surface area contributed by atoms with Crippen LogP contribution in [0.25, 0.3) is 0 Å². The van der Waals surface area contributed by atoms with Crippen molar-refractivity contribution in [2.24, 2.45) is 0 Å². The number of amides is 1. The van der Waals surface area contributed by atoms with Gasteiger partial charge < -0.3 is 5.32 Å². The quantitative estimate of drug-likeness (QED) is 0.720. The zero-order valence-electron chi connectivity index (χ0n) is 18.3. The molecular formula is C24H32N2O3S. The normalized spacial score (nSPS) is 15.7. The predicted molar refractivity (Wildman–Crippen MR) is 122 cm³/mol. The summed E-state index contributed by atoms with van der Waals surface area (Å²) in [6, 6.07) is 12.7. The number of nitrogens with zero attached hydrogens (tertiary/aromatic N) is 1. The molecule has 2 aromatic rings. The molecule has 0 spiro atoms. The second-order valence-corrected chi connectivity index (χ2v) is 10.1. The van der Waals surface area contributed by atoms with E-state index < -0.39 is 16.1 Å². The smallest absolute Gasteiger partial charge is 0.244 e. The van der Waals surface area contributed by atoms with Crippen molar-refractivity contribution >= 4 is 21.6 Å². The first-order valence-corrected chi connectivity index (χ1v) is 12.6. The molecule has 0 bridgehead atoms. The van der Waals surface area contributed by atoms with Gasteiger partial charge in [0.2, 0.25) is 15.9 Å². The molecule has 1 aliphatic carbocycles. The van der Waals surface area contributed by atoms with Gasteiger partial charge in [-0.3, -0.25) is 9.10 Å². The average molecular weight is 429 g/mol. The molecule has 1 amide bonds. The number of fused-ring (bicyclic) bond motifs is 1. The van der Waals surface area contributed by atoms with Crippen LogP contribution in [-0.2, 0) is 34.1 Å². The van der Waals surface area contributed by atoms with Gasteiger partial charge in [0.1, 0.15) is 6.04 Å². The Labute approximate surface area is 180 Å². The van der Waals surface area contributed by atoms with Crippen molar-refractivity contribution in [3.8, 4) is 0 Å². The standard InChI is InChI=1S/C24H32N2O3S/c1-5-19-10-14-23(15-11-19)26(30(4,28)29)18(3)24(27)25-17(2)21-13-12-20-8-6-7-9-22(20)16-21/h10-18H,5-9H2,1-4H3,(H,25,27). The first kappa shape index (κ1) is 22.3. The number of sulfonamides is 1. The van der Waals surface area contributed by atoms with Gasteiger partial charge in [-0.2, -0.15) is 0 Å². The predicted octanol–water partition coefficient (Wildman–Crippen LogP) is 4.16. The molecule has 162 valence electrons. The zero-order valence-corrected chi connectivity index (χ0v) is 19.1. The number of aryl methyl sites for hydroxylation is 3. The highest BCUT2D eigenvalue weighted by atomic mass is 32.2. The number of benzene rings is 2. The highest BCUT2D eigenvalue weighted by Gasteiger charge is 2.30. The molecule has 30 heavy (non-hydrogen) atoms. The number of carbonyl (C=O) groups is 1. The van der Waals surface area contributed by atoms with Crippen LogP contribution in [0.4, 0.5) is 5.69 Å². The lowest BCUT2D eigenvalue weighted by Crippen LogP contribution is -2.48. The number of nitrogens with one attached hydrogen (secondary N) is 1. The molecule has 2 atom stereocenters. The molecule has 2 aromatic carbocycles. The van der Waals surface area contributed by atoms with Gasteiger partial charge in [-0.25, -0.2) is 8.42 Å². The van der Waals surface area contributed by atoms with E-state index in [1.165, 1.54) is 28.3 Å². The third kappa shape index (κ3) is 5.04. The van der Waals surface area contributed by atoms with Crippen LogP contribution >= 0.6 is 0 Å². The van der Waals surface area contributed by atoms with Crippen molar-refractivity contribution < 1.29 is 13.2 Å². The number of hydrogen-bond acceptors (Lipinski definition) is 3. The van der Waals surface area contributed by atoms with Crippen LogP contribution in [-0.4, -0.2) is 26.6 Å². The molecule has 2 unspecified atom stereocenters. The molecule has 0 aliphatic heterocycles. The van der Waals surface area contributed by atoms with Crippen molar-refractivity contribution in [2.45, 2.75) is 65.0 Å². The Morgan fingerprint density at radius 1 is 1.03 bits per heavy atom. The van der Waals surface area contributed by atoms with E-state index in [1.807, 2.05) is 26.0 Å². The topological polar surface area (TPSA) is 66.5 Å². The van der Waals surface area contributed by atoms with Crippen molar-refractivity contribution in [1.29, 1.82) is 0 Å². The van der Waals surface area contributed by atoms with E-state index in [4.69, 9.17) is 0 Å². The van der Waals surface area contributed by atoms with Gasteiger partial charge in [0.15, 0.2) is 0 Å². The minimum Gasteiger partial charge on any atom is -0.348 e. The molecule has 1 N–H and O–H groups in total. The van der Waals surface area contributed by atoms with Crippen molar-refractivity contribution in [3.05, 3.63) is 64.7 Å². The van der Waals surface area contributed by atoms with Gasteiger partial charge in [0.25, 0.3) is 0 Å². The molecule has 0 fully saturated rings. The number of hydrogen-bond donors (Lipinski definition) is 1. The summed E-state index contributed by atoms with van der Waals surface area (Å²) in [4.78, 5) is 13.0. The summed E-state index contributed by atoms with van der Waals surface area (Å²) in [5.74, 6) is -0.315. The lowest BCUT2D eigenvalue weighted by molar-refractivity contribution is -0.122. The van der Waals surface area contributed by atoms with Gasteiger partial charge in [-0.15, -0.1) is 0 Å². The van der Waals surface area contributed by atoms with E-state index >= 15 is 0 Å². The van der Waals surface area contributed by atoms with Gasteiger partial charge in [0, 0.05) is 0 Å². The Balaban J connectivity index is 1.77. The van der Waals surface area contributed by atoms with Gasteiger partial charge >= 0.3 is 0 Å². The minimum atomic E-state index is -3.62. The fourth-order valence-corrected chi connectivity index (χ4v) is 5.30. The molecule has 6 heteroatoms. The maximum absolute atomic E-state index is 13.0. The Morgan fingerprint density at radius 3 is 2.27 bits per heavy atom. The highest BCUT2D eigenvalue weighted by Crippen LogP contribution is 2.26. The third-order valence-electron chi connectivity index (χ3n) is 5.92. The Kier molecular flexibility index (Phi) is 6.86. The molecule has 0 radical (unpaired) electrons. The molecular weight excluding hydrogens is 396 g/mol. The summed E-state index contributed by atoms with van der Waals surface area (Å²) in [7, 11) is -3.62. The summed E-state index contributed by atoms with van der Waals surface area (Å²) in [5, 5.41) is 3.00. The van der Waals surface area contributed by atoms with Crippen molar-refractivity contribution in [2.75, 3.05) is 10.6 Å². The molecule has 1 aliphatic rings. The number of anilines is 1. The van der Waals surface area contributed by atoms with Crippen LogP contribution < -0.4 is 9.62 Å². The van der Waals surface area contributed by atoms with Crippen LogP contribution in [0.15, 0.2) is 42.5 Å². The van der Waals surface area contributed by atoms with Crippen LogP contribution in [0.5, 0.6) is 0 Å². The molecule has 0 aromatic heterocycles. The SMILES string of the molecule is CCc1ccc(N(C(C)C(=O)NC(C)c2ccc3c(c2)CCCC3)S(C)(=O)=O)cc1. The summed E-state index contributed by atoms with van der Waals surface area (Å²) >= 11 is 0. The first-order chi connectivity index (χ1) is 14.2. The second-order valence-electron chi connectivity index (χ2n) is 8.22. The number of carbonyl (C=O) groups excluding carboxylic acids is 1.